The van der Waals surface area contributed by atoms with E-state index in [4.69, 9.17) is 0 Å². The number of phenolic OH excluding ortho intramolecular Hbond substituents is 1. The zero-order valence-corrected chi connectivity index (χ0v) is 10.1. The van der Waals surface area contributed by atoms with Crippen LogP contribution in [0.15, 0.2) is 48.8 Å². The smallest absolute Gasteiger partial charge is 0.257 e. The summed E-state index contributed by atoms with van der Waals surface area (Å²) in [6.45, 7) is 0.459. The highest BCUT2D eigenvalue weighted by molar-refractivity contribution is 5.96. The molecule has 2 rings (SSSR count). The monoisotopic (exact) mass is 242 g/mol. The van der Waals surface area contributed by atoms with Gasteiger partial charge in [-0.2, -0.15) is 0 Å². The van der Waals surface area contributed by atoms with Crippen molar-refractivity contribution in [1.29, 1.82) is 0 Å². The molecule has 1 aromatic carbocycles. The molecular weight excluding hydrogens is 228 g/mol. The van der Waals surface area contributed by atoms with Crippen LogP contribution in [-0.4, -0.2) is 27.9 Å². The number of hydrogen-bond donors (Lipinski definition) is 1. The van der Waals surface area contributed by atoms with Gasteiger partial charge >= 0.3 is 0 Å². The molecule has 0 atom stereocenters. The van der Waals surface area contributed by atoms with Gasteiger partial charge in [-0.05, 0) is 23.8 Å². The summed E-state index contributed by atoms with van der Waals surface area (Å²) in [4.78, 5) is 17.7. The molecule has 0 fully saturated rings. The van der Waals surface area contributed by atoms with Crippen LogP contribution in [0.5, 0.6) is 5.75 Å². The zero-order valence-electron chi connectivity index (χ0n) is 10.1. The molecule has 0 aliphatic heterocycles. The first-order chi connectivity index (χ1) is 8.68. The number of rotatable bonds is 3. The highest BCUT2D eigenvalue weighted by Crippen LogP contribution is 2.18. The molecule has 0 bridgehead atoms. The van der Waals surface area contributed by atoms with Gasteiger partial charge in [0.15, 0.2) is 0 Å². The van der Waals surface area contributed by atoms with Crippen molar-refractivity contribution in [2.75, 3.05) is 7.05 Å². The van der Waals surface area contributed by atoms with Gasteiger partial charge in [-0.25, -0.2) is 0 Å². The second-order valence-electron chi connectivity index (χ2n) is 4.04. The Labute approximate surface area is 106 Å². The molecule has 0 aliphatic rings. The van der Waals surface area contributed by atoms with E-state index in [9.17, 15) is 9.90 Å². The van der Waals surface area contributed by atoms with Crippen LogP contribution in [0.2, 0.25) is 0 Å². The van der Waals surface area contributed by atoms with Gasteiger partial charge in [0.25, 0.3) is 5.91 Å². The molecule has 0 radical (unpaired) electrons. The Morgan fingerprint density at radius 2 is 2.06 bits per heavy atom. The maximum Gasteiger partial charge on any atom is 0.257 e. The molecule has 18 heavy (non-hydrogen) atoms. The SMILES string of the molecule is CN(Cc1cccnc1)C(=O)c1ccccc1O. The fraction of sp³-hybridized carbons (Fsp3) is 0.143. The van der Waals surface area contributed by atoms with Gasteiger partial charge in [-0.3, -0.25) is 9.78 Å². The normalized spacial score (nSPS) is 10.1. The first kappa shape index (κ1) is 12.1. The number of aromatic nitrogens is 1. The summed E-state index contributed by atoms with van der Waals surface area (Å²) in [6, 6.07) is 10.3. The molecule has 2 aromatic rings. The largest absolute Gasteiger partial charge is 0.507 e. The number of benzene rings is 1. The molecule has 1 heterocycles. The highest BCUT2D eigenvalue weighted by atomic mass is 16.3. The van der Waals surface area contributed by atoms with Gasteiger partial charge in [0.2, 0.25) is 0 Å². The number of hydrogen-bond acceptors (Lipinski definition) is 3. The second-order valence-corrected chi connectivity index (χ2v) is 4.04. The summed E-state index contributed by atoms with van der Waals surface area (Å²) in [7, 11) is 1.70. The molecular formula is C14H14N2O2. The Kier molecular flexibility index (Phi) is 3.57. The Morgan fingerprint density at radius 3 is 2.72 bits per heavy atom. The van der Waals surface area contributed by atoms with Gasteiger partial charge in [-0.15, -0.1) is 0 Å². The van der Waals surface area contributed by atoms with Crippen LogP contribution in [0, 0.1) is 0 Å². The Balaban J connectivity index is 2.13. The van der Waals surface area contributed by atoms with Crippen molar-refractivity contribution in [1.82, 2.24) is 9.88 Å². The number of aromatic hydroxyl groups is 1. The fourth-order valence-electron chi connectivity index (χ4n) is 1.70. The number of phenols is 1. The molecule has 1 aromatic heterocycles. The lowest BCUT2D eigenvalue weighted by molar-refractivity contribution is 0.0782. The predicted octanol–water partition coefficient (Wildman–Crippen LogP) is 2.06. The lowest BCUT2D eigenvalue weighted by atomic mass is 10.1. The number of para-hydroxylation sites is 1. The van der Waals surface area contributed by atoms with Crippen molar-refractivity contribution in [2.24, 2.45) is 0 Å². The van der Waals surface area contributed by atoms with E-state index in [0.29, 0.717) is 12.1 Å². The highest BCUT2D eigenvalue weighted by Gasteiger charge is 2.15. The van der Waals surface area contributed by atoms with E-state index in [1.54, 1.807) is 42.5 Å². The maximum absolute atomic E-state index is 12.1. The summed E-state index contributed by atoms with van der Waals surface area (Å²) in [5.41, 5.74) is 1.26. The molecule has 0 unspecified atom stereocenters. The quantitative estimate of drug-likeness (QED) is 0.896. The molecule has 1 N–H and O–H groups in total. The summed E-state index contributed by atoms with van der Waals surface area (Å²) in [6.07, 6.45) is 3.41. The minimum atomic E-state index is -0.211. The van der Waals surface area contributed by atoms with Gasteiger partial charge < -0.3 is 10.0 Å². The van der Waals surface area contributed by atoms with E-state index in [1.807, 2.05) is 12.1 Å². The van der Waals surface area contributed by atoms with Crippen molar-refractivity contribution in [3.8, 4) is 5.75 Å². The van der Waals surface area contributed by atoms with Gasteiger partial charge in [0.05, 0.1) is 5.56 Å². The molecule has 0 saturated heterocycles. The van der Waals surface area contributed by atoms with Crippen LogP contribution in [0.1, 0.15) is 15.9 Å². The average Bonchev–Trinajstić information content (AvgIpc) is 2.39. The summed E-state index contributed by atoms with van der Waals surface area (Å²) in [5.74, 6) is -0.211. The van der Waals surface area contributed by atoms with Crippen molar-refractivity contribution < 1.29 is 9.90 Å². The van der Waals surface area contributed by atoms with Crippen molar-refractivity contribution in [3.63, 3.8) is 0 Å². The number of nitrogens with zero attached hydrogens (tertiary/aromatic N) is 2. The minimum Gasteiger partial charge on any atom is -0.507 e. The van der Waals surface area contributed by atoms with Crippen LogP contribution in [-0.2, 0) is 6.54 Å². The van der Waals surface area contributed by atoms with E-state index in [-0.39, 0.29) is 11.7 Å². The summed E-state index contributed by atoms with van der Waals surface area (Å²) < 4.78 is 0. The van der Waals surface area contributed by atoms with Crippen LogP contribution in [0.3, 0.4) is 0 Å². The third kappa shape index (κ3) is 2.66. The van der Waals surface area contributed by atoms with Crippen LogP contribution in [0.25, 0.3) is 0 Å². The van der Waals surface area contributed by atoms with Crippen molar-refractivity contribution in [3.05, 3.63) is 59.9 Å². The lowest BCUT2D eigenvalue weighted by Gasteiger charge is -2.17. The molecule has 92 valence electrons. The molecule has 1 amide bonds. The lowest BCUT2D eigenvalue weighted by Crippen LogP contribution is -2.26. The van der Waals surface area contributed by atoms with Crippen LogP contribution < -0.4 is 0 Å². The second kappa shape index (κ2) is 5.31. The Bertz CT molecular complexity index is 541. The summed E-state index contributed by atoms with van der Waals surface area (Å²) in [5, 5.41) is 9.64. The van der Waals surface area contributed by atoms with E-state index in [2.05, 4.69) is 4.98 Å². The third-order valence-corrected chi connectivity index (χ3v) is 2.62. The number of carbonyl (C=O) groups is 1. The topological polar surface area (TPSA) is 53.4 Å². The number of amides is 1. The van der Waals surface area contributed by atoms with Gasteiger partial charge in [0, 0.05) is 26.0 Å². The van der Waals surface area contributed by atoms with Crippen molar-refractivity contribution >= 4 is 5.91 Å². The Hall–Kier alpha value is -2.36. The molecule has 4 nitrogen and oxygen atoms in total. The van der Waals surface area contributed by atoms with Crippen LogP contribution in [0.4, 0.5) is 0 Å². The predicted molar refractivity (Wildman–Crippen MR) is 68.1 cm³/mol. The first-order valence-electron chi connectivity index (χ1n) is 5.61. The van der Waals surface area contributed by atoms with E-state index in [1.165, 1.54) is 6.07 Å². The number of carbonyl (C=O) groups excluding carboxylic acids is 1. The third-order valence-electron chi connectivity index (χ3n) is 2.62. The van der Waals surface area contributed by atoms with E-state index < -0.39 is 0 Å². The van der Waals surface area contributed by atoms with Gasteiger partial charge in [0.1, 0.15) is 5.75 Å². The Morgan fingerprint density at radius 1 is 1.28 bits per heavy atom. The van der Waals surface area contributed by atoms with Crippen molar-refractivity contribution in [2.45, 2.75) is 6.54 Å². The van der Waals surface area contributed by atoms with E-state index >= 15 is 0 Å². The molecule has 0 aliphatic carbocycles. The zero-order chi connectivity index (χ0) is 13.0. The standard InChI is InChI=1S/C14H14N2O2/c1-16(10-11-5-4-8-15-9-11)14(18)12-6-2-3-7-13(12)17/h2-9,17H,10H2,1H3. The van der Waals surface area contributed by atoms with Gasteiger partial charge in [-0.1, -0.05) is 18.2 Å². The minimum absolute atomic E-state index is 0.000497. The van der Waals surface area contributed by atoms with Crippen LogP contribution >= 0.6 is 0 Å². The first-order valence-corrected chi connectivity index (χ1v) is 5.61. The maximum atomic E-state index is 12.1. The number of pyridine rings is 1. The van der Waals surface area contributed by atoms with E-state index in [0.717, 1.165) is 5.56 Å². The fourth-order valence-corrected chi connectivity index (χ4v) is 1.70. The average molecular weight is 242 g/mol. The summed E-state index contributed by atoms with van der Waals surface area (Å²) >= 11 is 0. The molecule has 4 heteroatoms. The molecule has 0 saturated carbocycles. The molecule has 0 spiro atoms.